The maximum atomic E-state index is 12.3. The van der Waals surface area contributed by atoms with E-state index in [1.54, 1.807) is 30.8 Å². The predicted molar refractivity (Wildman–Crippen MR) is 110 cm³/mol. The van der Waals surface area contributed by atoms with Crippen LogP contribution in [0.4, 0.5) is 5.69 Å². The van der Waals surface area contributed by atoms with Gasteiger partial charge in [-0.2, -0.15) is 0 Å². The molecule has 0 aliphatic rings. The largest absolute Gasteiger partial charge is 0.350 e. The molecule has 0 atom stereocenters. The first-order valence-corrected chi connectivity index (χ1v) is 9.90. The standard InChI is InChI=1S/C19H30N4O3S/c1-19(2,3)21-17(25)12-23(5)18(26)13-22(4)11-16(24)20-14-9-7-8-10-15(14)27-6/h7-10H,11-13H2,1-6H3,(H,20,24)(H,21,25). The van der Waals surface area contributed by atoms with E-state index >= 15 is 0 Å². The molecular formula is C19H30N4O3S. The number of hydrogen-bond donors (Lipinski definition) is 2. The van der Waals surface area contributed by atoms with Gasteiger partial charge in [0.1, 0.15) is 0 Å². The lowest BCUT2D eigenvalue weighted by molar-refractivity contribution is -0.136. The molecule has 2 N–H and O–H groups in total. The van der Waals surface area contributed by atoms with Gasteiger partial charge in [0.05, 0.1) is 25.3 Å². The molecule has 3 amide bonds. The molecule has 150 valence electrons. The minimum Gasteiger partial charge on any atom is -0.350 e. The molecule has 1 aromatic rings. The average Bonchev–Trinajstić information content (AvgIpc) is 2.52. The van der Waals surface area contributed by atoms with Crippen LogP contribution in [0.1, 0.15) is 20.8 Å². The summed E-state index contributed by atoms with van der Waals surface area (Å²) >= 11 is 1.55. The summed E-state index contributed by atoms with van der Waals surface area (Å²) in [7, 11) is 3.27. The van der Waals surface area contributed by atoms with Crippen molar-refractivity contribution in [3.8, 4) is 0 Å². The van der Waals surface area contributed by atoms with E-state index in [0.717, 1.165) is 10.6 Å². The monoisotopic (exact) mass is 394 g/mol. The number of nitrogens with zero attached hydrogens (tertiary/aromatic N) is 2. The number of likely N-dealkylation sites (N-methyl/N-ethyl adjacent to an activating group) is 2. The molecule has 0 saturated carbocycles. The fourth-order valence-electron chi connectivity index (χ4n) is 2.35. The van der Waals surface area contributed by atoms with Crippen LogP contribution in [0.25, 0.3) is 0 Å². The Labute approximate surface area is 165 Å². The van der Waals surface area contributed by atoms with Gasteiger partial charge in [0.15, 0.2) is 0 Å². The summed E-state index contributed by atoms with van der Waals surface area (Å²) in [5.41, 5.74) is 0.411. The van der Waals surface area contributed by atoms with E-state index in [2.05, 4.69) is 10.6 Å². The van der Waals surface area contributed by atoms with E-state index in [4.69, 9.17) is 0 Å². The molecule has 27 heavy (non-hydrogen) atoms. The molecule has 0 saturated heterocycles. The molecule has 7 nitrogen and oxygen atoms in total. The third-order valence-corrected chi connectivity index (χ3v) is 4.32. The van der Waals surface area contributed by atoms with Gasteiger partial charge in [0.2, 0.25) is 17.7 Å². The SMILES string of the molecule is CSc1ccccc1NC(=O)CN(C)CC(=O)N(C)CC(=O)NC(C)(C)C. The molecule has 1 aromatic carbocycles. The van der Waals surface area contributed by atoms with E-state index in [-0.39, 0.29) is 42.9 Å². The van der Waals surface area contributed by atoms with Crippen molar-refractivity contribution in [2.24, 2.45) is 0 Å². The third kappa shape index (κ3) is 8.92. The minimum atomic E-state index is -0.344. The van der Waals surface area contributed by atoms with Gasteiger partial charge in [0, 0.05) is 17.5 Å². The lowest BCUT2D eigenvalue weighted by Crippen LogP contribution is -2.48. The normalized spacial score (nSPS) is 11.2. The number of rotatable bonds is 8. The fraction of sp³-hybridized carbons (Fsp3) is 0.526. The Morgan fingerprint density at radius 3 is 2.22 bits per heavy atom. The summed E-state index contributed by atoms with van der Waals surface area (Å²) in [6, 6.07) is 7.56. The number of para-hydroxylation sites is 1. The number of thioether (sulfide) groups is 1. The Balaban J connectivity index is 2.48. The highest BCUT2D eigenvalue weighted by molar-refractivity contribution is 7.98. The summed E-state index contributed by atoms with van der Waals surface area (Å²) in [5.74, 6) is -0.633. The van der Waals surface area contributed by atoms with Crippen molar-refractivity contribution in [2.45, 2.75) is 31.2 Å². The van der Waals surface area contributed by atoms with Crippen molar-refractivity contribution in [1.82, 2.24) is 15.1 Å². The van der Waals surface area contributed by atoms with Crippen molar-refractivity contribution in [3.63, 3.8) is 0 Å². The van der Waals surface area contributed by atoms with Gasteiger partial charge in [-0.3, -0.25) is 19.3 Å². The Morgan fingerprint density at radius 1 is 1.00 bits per heavy atom. The van der Waals surface area contributed by atoms with Crippen LogP contribution in [0.2, 0.25) is 0 Å². The zero-order valence-corrected chi connectivity index (χ0v) is 17.8. The second kappa shape index (κ2) is 10.3. The van der Waals surface area contributed by atoms with Crippen molar-refractivity contribution >= 4 is 35.2 Å². The Bertz CT molecular complexity index is 673. The fourth-order valence-corrected chi connectivity index (χ4v) is 2.91. The van der Waals surface area contributed by atoms with Crippen LogP contribution < -0.4 is 10.6 Å². The first kappa shape index (κ1) is 23.0. The predicted octanol–water partition coefficient (Wildman–Crippen LogP) is 1.65. The molecule has 1 rings (SSSR count). The summed E-state index contributed by atoms with van der Waals surface area (Å²) < 4.78 is 0. The highest BCUT2D eigenvalue weighted by atomic mass is 32.2. The van der Waals surface area contributed by atoms with Gasteiger partial charge in [-0.25, -0.2) is 0 Å². The van der Waals surface area contributed by atoms with E-state index in [1.807, 2.05) is 51.3 Å². The van der Waals surface area contributed by atoms with Crippen LogP contribution in [0.3, 0.4) is 0 Å². The van der Waals surface area contributed by atoms with Crippen molar-refractivity contribution in [1.29, 1.82) is 0 Å². The van der Waals surface area contributed by atoms with Gasteiger partial charge in [0.25, 0.3) is 0 Å². The molecule has 0 bridgehead atoms. The second-order valence-corrected chi connectivity index (χ2v) is 8.32. The zero-order valence-electron chi connectivity index (χ0n) is 17.0. The van der Waals surface area contributed by atoms with E-state index in [0.29, 0.717) is 0 Å². The van der Waals surface area contributed by atoms with Crippen LogP contribution in [-0.4, -0.2) is 73.0 Å². The van der Waals surface area contributed by atoms with E-state index < -0.39 is 0 Å². The number of benzene rings is 1. The summed E-state index contributed by atoms with van der Waals surface area (Å²) in [4.78, 5) is 40.4. The first-order chi connectivity index (χ1) is 12.5. The quantitative estimate of drug-likeness (QED) is 0.655. The van der Waals surface area contributed by atoms with Gasteiger partial charge >= 0.3 is 0 Å². The first-order valence-electron chi connectivity index (χ1n) is 8.68. The van der Waals surface area contributed by atoms with Gasteiger partial charge in [-0.1, -0.05) is 12.1 Å². The summed E-state index contributed by atoms with van der Waals surface area (Å²) in [5, 5.41) is 5.68. The molecular weight excluding hydrogens is 364 g/mol. The van der Waals surface area contributed by atoms with E-state index in [9.17, 15) is 14.4 Å². The van der Waals surface area contributed by atoms with Crippen molar-refractivity contribution < 1.29 is 14.4 Å². The Morgan fingerprint density at radius 2 is 1.63 bits per heavy atom. The molecule has 0 spiro atoms. The molecule has 0 unspecified atom stereocenters. The number of amides is 3. The van der Waals surface area contributed by atoms with Crippen molar-refractivity contribution in [2.75, 3.05) is 45.3 Å². The maximum absolute atomic E-state index is 12.3. The highest BCUT2D eigenvalue weighted by Crippen LogP contribution is 2.24. The van der Waals surface area contributed by atoms with Crippen LogP contribution in [-0.2, 0) is 14.4 Å². The summed E-state index contributed by atoms with van der Waals surface area (Å²) in [6.07, 6.45) is 1.95. The average molecular weight is 395 g/mol. The summed E-state index contributed by atoms with van der Waals surface area (Å²) in [6.45, 7) is 5.77. The van der Waals surface area contributed by atoms with Gasteiger partial charge in [-0.15, -0.1) is 11.8 Å². The minimum absolute atomic E-state index is 0.0166. The van der Waals surface area contributed by atoms with Crippen LogP contribution >= 0.6 is 11.8 Å². The number of carbonyl (C=O) groups is 3. The number of carbonyl (C=O) groups excluding carboxylic acids is 3. The molecule has 0 radical (unpaired) electrons. The molecule has 0 aliphatic heterocycles. The smallest absolute Gasteiger partial charge is 0.240 e. The molecule has 0 aromatic heterocycles. The third-order valence-electron chi connectivity index (χ3n) is 3.52. The van der Waals surface area contributed by atoms with Crippen LogP contribution in [0.5, 0.6) is 0 Å². The second-order valence-electron chi connectivity index (χ2n) is 7.47. The number of hydrogen-bond acceptors (Lipinski definition) is 5. The Hall–Kier alpha value is -2.06. The molecule has 8 heteroatoms. The lowest BCUT2D eigenvalue weighted by Gasteiger charge is -2.24. The highest BCUT2D eigenvalue weighted by Gasteiger charge is 2.19. The van der Waals surface area contributed by atoms with Crippen LogP contribution in [0, 0.1) is 0 Å². The van der Waals surface area contributed by atoms with Gasteiger partial charge in [-0.05, 0) is 46.2 Å². The molecule has 0 aliphatic carbocycles. The maximum Gasteiger partial charge on any atom is 0.240 e. The number of anilines is 1. The van der Waals surface area contributed by atoms with E-state index in [1.165, 1.54) is 4.90 Å². The molecule has 0 heterocycles. The van der Waals surface area contributed by atoms with Crippen LogP contribution in [0.15, 0.2) is 29.2 Å². The zero-order chi connectivity index (χ0) is 20.6. The topological polar surface area (TPSA) is 81.8 Å². The molecule has 0 fully saturated rings. The Kier molecular flexibility index (Phi) is 8.78. The van der Waals surface area contributed by atoms with Crippen molar-refractivity contribution in [3.05, 3.63) is 24.3 Å². The van der Waals surface area contributed by atoms with Gasteiger partial charge < -0.3 is 15.5 Å². The lowest BCUT2D eigenvalue weighted by atomic mass is 10.1. The number of nitrogens with one attached hydrogen (secondary N) is 2.